The van der Waals surface area contributed by atoms with Gasteiger partial charge in [-0.1, -0.05) is 6.07 Å². The van der Waals surface area contributed by atoms with Gasteiger partial charge in [0.05, 0.1) is 19.1 Å². The number of methoxy groups -OCH3 is 1. The number of aromatic nitrogens is 4. The summed E-state index contributed by atoms with van der Waals surface area (Å²) in [5.74, 6) is -0.579. The van der Waals surface area contributed by atoms with Crippen LogP contribution in [0.25, 0.3) is 11.1 Å². The first-order valence-corrected chi connectivity index (χ1v) is 9.06. The first kappa shape index (κ1) is 18.3. The van der Waals surface area contributed by atoms with E-state index in [1.807, 2.05) is 0 Å². The molecule has 0 fully saturated rings. The maximum Gasteiger partial charge on any atom is 0.292 e. The van der Waals surface area contributed by atoms with Crippen LogP contribution in [0, 0.1) is 0 Å². The normalized spacial score (nSPS) is 16.3. The van der Waals surface area contributed by atoms with Gasteiger partial charge in [-0.3, -0.25) is 4.79 Å². The van der Waals surface area contributed by atoms with Gasteiger partial charge in [-0.15, -0.1) is 0 Å². The van der Waals surface area contributed by atoms with Crippen molar-refractivity contribution < 1.29 is 27.1 Å². The van der Waals surface area contributed by atoms with E-state index in [0.717, 1.165) is 12.1 Å². The van der Waals surface area contributed by atoms with Crippen molar-refractivity contribution in [2.24, 2.45) is 0 Å². The Hall–Kier alpha value is -3.76. The lowest BCUT2D eigenvalue weighted by Crippen LogP contribution is -2.41. The van der Waals surface area contributed by atoms with Crippen LogP contribution in [0.3, 0.4) is 0 Å². The minimum Gasteiger partial charge on any atom is -0.493 e. The van der Waals surface area contributed by atoms with Crippen molar-refractivity contribution in [3.05, 3.63) is 59.7 Å². The number of para-hydroxylation sites is 1. The van der Waals surface area contributed by atoms with E-state index < -0.39 is 29.8 Å². The fourth-order valence-electron chi connectivity index (χ4n) is 3.66. The van der Waals surface area contributed by atoms with Crippen LogP contribution in [-0.2, 0) is 6.42 Å². The second-order valence-corrected chi connectivity index (χ2v) is 6.65. The van der Waals surface area contributed by atoms with Crippen molar-refractivity contribution in [1.82, 2.24) is 24.8 Å². The number of nitrogens with one attached hydrogen (secondary N) is 1. The highest BCUT2D eigenvalue weighted by molar-refractivity contribution is 5.93. The van der Waals surface area contributed by atoms with E-state index >= 15 is 0 Å². The van der Waals surface area contributed by atoms with Gasteiger partial charge < -0.3 is 23.5 Å². The molecule has 1 aliphatic heterocycles. The van der Waals surface area contributed by atoms with Crippen LogP contribution in [0.1, 0.15) is 46.0 Å². The van der Waals surface area contributed by atoms with E-state index in [2.05, 4.69) is 19.9 Å². The summed E-state index contributed by atoms with van der Waals surface area (Å²) in [6.45, 7) is 0.220. The number of rotatable bonds is 4. The maximum atomic E-state index is 13.3. The van der Waals surface area contributed by atoms with Crippen molar-refractivity contribution in [2.45, 2.75) is 18.9 Å². The fraction of sp³-hybridized carbons (Fsp3) is 0.263. The Balaban J connectivity index is 1.63. The molecular weight excluding hydrogens is 400 g/mol. The van der Waals surface area contributed by atoms with E-state index in [4.69, 9.17) is 13.6 Å². The van der Waals surface area contributed by atoms with Crippen molar-refractivity contribution in [2.75, 3.05) is 13.7 Å². The zero-order chi connectivity index (χ0) is 20.8. The lowest BCUT2D eigenvalue weighted by atomic mass is 10.0. The van der Waals surface area contributed by atoms with Crippen LogP contribution in [0.2, 0.25) is 0 Å². The van der Waals surface area contributed by atoms with Crippen LogP contribution in [0.4, 0.5) is 8.78 Å². The summed E-state index contributed by atoms with van der Waals surface area (Å²) in [6, 6.07) is 4.40. The van der Waals surface area contributed by atoms with Crippen molar-refractivity contribution in [3.63, 3.8) is 0 Å². The Kier molecular flexibility index (Phi) is 4.23. The van der Waals surface area contributed by atoms with Gasteiger partial charge in [-0.2, -0.15) is 0 Å². The number of imidazole rings is 1. The van der Waals surface area contributed by atoms with Crippen molar-refractivity contribution in [3.8, 4) is 5.75 Å². The molecule has 1 N–H and O–H groups in total. The standard InChI is InChI=1S/C19H15F2N5O4/c1-28-11-4-2-3-10-15(11)30-18(25-10)14-12-9(22-7-23-12)5-6-26(14)19(27)16-13(17(20)21)24-8-29-16/h2-4,7-8,14,17H,5-6H2,1H3,(H,22,23)/t14-/m0/s1. The number of carbonyl (C=O) groups excluding carboxylic acids is 1. The first-order valence-electron chi connectivity index (χ1n) is 9.06. The van der Waals surface area contributed by atoms with E-state index in [-0.39, 0.29) is 12.4 Å². The largest absolute Gasteiger partial charge is 0.493 e. The van der Waals surface area contributed by atoms with Crippen molar-refractivity contribution in [1.29, 1.82) is 0 Å². The summed E-state index contributed by atoms with van der Waals surface area (Å²) < 4.78 is 42.8. The molecule has 4 aromatic rings. The number of oxazole rings is 2. The second kappa shape index (κ2) is 6.94. The summed E-state index contributed by atoms with van der Waals surface area (Å²) >= 11 is 0. The number of benzene rings is 1. The second-order valence-electron chi connectivity index (χ2n) is 6.65. The highest BCUT2D eigenvalue weighted by Crippen LogP contribution is 2.37. The van der Waals surface area contributed by atoms with Crippen LogP contribution >= 0.6 is 0 Å². The maximum absolute atomic E-state index is 13.3. The van der Waals surface area contributed by atoms with Gasteiger partial charge in [0.2, 0.25) is 11.7 Å². The van der Waals surface area contributed by atoms with E-state index in [1.54, 1.807) is 18.2 Å². The molecule has 4 heterocycles. The molecule has 9 nitrogen and oxygen atoms in total. The molecule has 1 atom stereocenters. The quantitative estimate of drug-likeness (QED) is 0.545. The van der Waals surface area contributed by atoms with Gasteiger partial charge in [0, 0.05) is 18.7 Å². The molecule has 0 saturated heterocycles. The van der Waals surface area contributed by atoms with Crippen LogP contribution in [-0.4, -0.2) is 44.4 Å². The van der Waals surface area contributed by atoms with E-state index in [0.29, 0.717) is 29.0 Å². The van der Waals surface area contributed by atoms with E-state index in [1.165, 1.54) is 18.3 Å². The predicted octanol–water partition coefficient (Wildman–Crippen LogP) is 3.27. The smallest absolute Gasteiger partial charge is 0.292 e. The average molecular weight is 415 g/mol. The van der Waals surface area contributed by atoms with Gasteiger partial charge in [0.1, 0.15) is 5.52 Å². The number of alkyl halides is 2. The van der Waals surface area contributed by atoms with Gasteiger partial charge in [0.25, 0.3) is 12.3 Å². The lowest BCUT2D eigenvalue weighted by Gasteiger charge is -2.32. The van der Waals surface area contributed by atoms with Crippen LogP contribution in [0.15, 0.2) is 39.8 Å². The first-order chi connectivity index (χ1) is 14.6. The summed E-state index contributed by atoms with van der Waals surface area (Å²) in [4.78, 5) is 29.9. The number of hydrogen-bond acceptors (Lipinski definition) is 7. The highest BCUT2D eigenvalue weighted by atomic mass is 19.3. The molecule has 0 spiro atoms. The Labute approximate surface area is 167 Å². The Bertz CT molecular complexity index is 1230. The Morgan fingerprint density at radius 3 is 3.03 bits per heavy atom. The monoisotopic (exact) mass is 415 g/mol. The number of aromatic amines is 1. The number of halogens is 2. The number of carbonyl (C=O) groups is 1. The number of ether oxygens (including phenoxy) is 1. The molecule has 0 radical (unpaired) electrons. The Morgan fingerprint density at radius 2 is 2.23 bits per heavy atom. The van der Waals surface area contributed by atoms with Crippen molar-refractivity contribution >= 4 is 17.0 Å². The number of H-pyrrole nitrogens is 1. The third kappa shape index (κ3) is 2.73. The molecule has 1 amide bonds. The Morgan fingerprint density at radius 1 is 1.37 bits per heavy atom. The minimum atomic E-state index is -2.94. The number of fused-ring (bicyclic) bond motifs is 2. The molecule has 0 saturated carbocycles. The zero-order valence-electron chi connectivity index (χ0n) is 15.6. The van der Waals surface area contributed by atoms with Gasteiger partial charge in [-0.05, 0) is 12.1 Å². The van der Waals surface area contributed by atoms with Crippen LogP contribution < -0.4 is 4.74 Å². The fourth-order valence-corrected chi connectivity index (χ4v) is 3.66. The number of nitrogens with zero attached hydrogens (tertiary/aromatic N) is 4. The van der Waals surface area contributed by atoms with Gasteiger partial charge in [0.15, 0.2) is 29.5 Å². The summed E-state index contributed by atoms with van der Waals surface area (Å²) in [6.07, 6.45) is -0.147. The van der Waals surface area contributed by atoms with Gasteiger partial charge in [-0.25, -0.2) is 23.7 Å². The topological polar surface area (TPSA) is 110 Å². The molecule has 11 heteroatoms. The SMILES string of the molecule is COc1cccc2nc([C@@H]3c4nc[nH]c4CCN3C(=O)c3ocnc3C(F)F)oc12. The summed E-state index contributed by atoms with van der Waals surface area (Å²) in [5, 5.41) is 0. The predicted molar refractivity (Wildman–Crippen MR) is 97.2 cm³/mol. The molecule has 0 aliphatic carbocycles. The molecular formula is C19H15F2N5O4. The summed E-state index contributed by atoms with van der Waals surface area (Å²) in [7, 11) is 1.51. The minimum absolute atomic E-state index is 0.189. The molecule has 154 valence electrons. The van der Waals surface area contributed by atoms with Crippen LogP contribution in [0.5, 0.6) is 5.75 Å². The number of amides is 1. The molecule has 1 aliphatic rings. The van der Waals surface area contributed by atoms with Gasteiger partial charge >= 0.3 is 0 Å². The molecule has 30 heavy (non-hydrogen) atoms. The molecule has 3 aromatic heterocycles. The molecule has 1 aromatic carbocycles. The summed E-state index contributed by atoms with van der Waals surface area (Å²) in [5.41, 5.74) is 1.58. The molecule has 0 unspecified atom stereocenters. The molecule has 0 bridgehead atoms. The lowest BCUT2D eigenvalue weighted by molar-refractivity contribution is 0.0620. The highest BCUT2D eigenvalue weighted by Gasteiger charge is 2.40. The zero-order valence-corrected chi connectivity index (χ0v) is 15.6. The van der Waals surface area contributed by atoms with E-state index in [9.17, 15) is 13.6 Å². The average Bonchev–Trinajstić information content (AvgIpc) is 3.50. The third-order valence-electron chi connectivity index (χ3n) is 5.03. The molecule has 5 rings (SSSR count). The number of hydrogen-bond donors (Lipinski definition) is 1. The third-order valence-corrected chi connectivity index (χ3v) is 5.03.